The van der Waals surface area contributed by atoms with Crippen molar-refractivity contribution in [1.82, 2.24) is 15.5 Å². The molecule has 2 aromatic rings. The third-order valence-corrected chi connectivity index (χ3v) is 4.25. The fourth-order valence-electron chi connectivity index (χ4n) is 2.91. The van der Waals surface area contributed by atoms with E-state index in [9.17, 15) is 9.90 Å². The number of aliphatic hydroxyl groups is 1. The normalized spacial score (nSPS) is 20.8. The maximum absolute atomic E-state index is 12.1. The van der Waals surface area contributed by atoms with Crippen molar-refractivity contribution in [3.63, 3.8) is 0 Å². The van der Waals surface area contributed by atoms with E-state index in [-0.39, 0.29) is 18.1 Å². The van der Waals surface area contributed by atoms with Gasteiger partial charge in [-0.05, 0) is 25.0 Å². The van der Waals surface area contributed by atoms with Crippen LogP contribution in [0.25, 0.3) is 0 Å². The van der Waals surface area contributed by atoms with Crippen LogP contribution >= 0.6 is 0 Å². The number of nitrogens with zero attached hydrogens (tertiary/aromatic N) is 3. The first-order valence-corrected chi connectivity index (χ1v) is 8.22. The van der Waals surface area contributed by atoms with Crippen molar-refractivity contribution < 1.29 is 14.4 Å². The van der Waals surface area contributed by atoms with Gasteiger partial charge in [0.15, 0.2) is 5.69 Å². The zero-order chi connectivity index (χ0) is 17.0. The highest BCUT2D eigenvalue weighted by molar-refractivity contribution is 5.92. The Morgan fingerprint density at radius 2 is 2.38 bits per heavy atom. The topological polar surface area (TPSA) is 91.5 Å². The lowest BCUT2D eigenvalue weighted by Crippen LogP contribution is -2.54. The molecule has 0 unspecified atom stereocenters. The van der Waals surface area contributed by atoms with E-state index in [0.29, 0.717) is 25.1 Å². The minimum atomic E-state index is -0.983. The number of aryl methyl sites for hydroxylation is 1. The summed E-state index contributed by atoms with van der Waals surface area (Å²) in [6.45, 7) is 3.38. The molecule has 24 heavy (non-hydrogen) atoms. The molecule has 1 atom stereocenters. The van der Waals surface area contributed by atoms with Gasteiger partial charge in [0.25, 0.3) is 5.91 Å². The molecule has 128 valence electrons. The quantitative estimate of drug-likeness (QED) is 0.861. The molecule has 2 aromatic heterocycles. The van der Waals surface area contributed by atoms with Crippen LogP contribution in [0.3, 0.4) is 0 Å². The number of hydrogen-bond donors (Lipinski definition) is 2. The van der Waals surface area contributed by atoms with Crippen molar-refractivity contribution in [3.8, 4) is 0 Å². The third-order valence-electron chi connectivity index (χ3n) is 4.25. The zero-order valence-electron chi connectivity index (χ0n) is 13.7. The van der Waals surface area contributed by atoms with E-state index in [1.165, 1.54) is 0 Å². The molecule has 0 saturated carbocycles. The molecule has 0 spiro atoms. The molecule has 1 aliphatic heterocycles. The molecule has 0 radical (unpaired) electrons. The first-order valence-electron chi connectivity index (χ1n) is 8.22. The highest BCUT2D eigenvalue weighted by Crippen LogP contribution is 2.24. The standard InChI is InChI=1S/C17H22N4O3/c1-2-13-10-14(20-24-13)16(22)19-11-17(23)7-5-9-21(12-17)15-6-3-4-8-18-15/h3-4,6,8,10,23H,2,5,7,9,11-12H2,1H3,(H,19,22)/t17-/m0/s1. The summed E-state index contributed by atoms with van der Waals surface area (Å²) >= 11 is 0. The number of carbonyl (C=O) groups excluding carboxylic acids is 1. The second kappa shape index (κ2) is 7.00. The van der Waals surface area contributed by atoms with Crippen LogP contribution in [-0.4, -0.2) is 46.4 Å². The van der Waals surface area contributed by atoms with E-state index in [1.807, 2.05) is 30.0 Å². The number of aromatic nitrogens is 2. The van der Waals surface area contributed by atoms with Gasteiger partial charge < -0.3 is 19.8 Å². The molecule has 1 fully saturated rings. The van der Waals surface area contributed by atoms with Crippen LogP contribution in [0.4, 0.5) is 5.82 Å². The summed E-state index contributed by atoms with van der Waals surface area (Å²) in [5.41, 5.74) is -0.740. The summed E-state index contributed by atoms with van der Waals surface area (Å²) in [6, 6.07) is 7.34. The number of amides is 1. The smallest absolute Gasteiger partial charge is 0.273 e. The SMILES string of the molecule is CCc1cc(C(=O)NC[C@@]2(O)CCCN(c3ccccn3)C2)no1. The molecule has 3 heterocycles. The van der Waals surface area contributed by atoms with Gasteiger partial charge in [-0.1, -0.05) is 18.1 Å². The van der Waals surface area contributed by atoms with E-state index >= 15 is 0 Å². The van der Waals surface area contributed by atoms with Crippen molar-refractivity contribution in [2.24, 2.45) is 0 Å². The summed E-state index contributed by atoms with van der Waals surface area (Å²) in [5.74, 6) is 1.17. The fraction of sp³-hybridized carbons (Fsp3) is 0.471. The summed E-state index contributed by atoms with van der Waals surface area (Å²) in [5, 5.41) is 17.3. The summed E-state index contributed by atoms with van der Waals surface area (Å²) < 4.78 is 5.04. The van der Waals surface area contributed by atoms with Gasteiger partial charge >= 0.3 is 0 Å². The molecule has 0 aliphatic carbocycles. The molecule has 0 bridgehead atoms. The van der Waals surface area contributed by atoms with Gasteiger partial charge in [-0.25, -0.2) is 4.98 Å². The van der Waals surface area contributed by atoms with Crippen molar-refractivity contribution in [2.75, 3.05) is 24.5 Å². The summed E-state index contributed by atoms with van der Waals surface area (Å²) in [4.78, 5) is 18.5. The molecule has 1 aliphatic rings. The van der Waals surface area contributed by atoms with Crippen molar-refractivity contribution in [3.05, 3.63) is 41.9 Å². The number of pyridine rings is 1. The van der Waals surface area contributed by atoms with E-state index in [1.54, 1.807) is 12.3 Å². The molecule has 7 nitrogen and oxygen atoms in total. The van der Waals surface area contributed by atoms with Gasteiger partial charge in [-0.2, -0.15) is 0 Å². The molecular weight excluding hydrogens is 308 g/mol. The van der Waals surface area contributed by atoms with Gasteiger partial charge in [0, 0.05) is 38.3 Å². The van der Waals surface area contributed by atoms with Crippen LogP contribution in [0.1, 0.15) is 36.0 Å². The number of carbonyl (C=O) groups is 1. The fourth-order valence-corrected chi connectivity index (χ4v) is 2.91. The largest absolute Gasteiger partial charge is 0.386 e. The molecule has 1 amide bonds. The number of anilines is 1. The molecule has 0 aromatic carbocycles. The Labute approximate surface area is 140 Å². The van der Waals surface area contributed by atoms with Crippen LogP contribution in [0, 0.1) is 0 Å². The number of hydrogen-bond acceptors (Lipinski definition) is 6. The van der Waals surface area contributed by atoms with E-state index in [0.717, 1.165) is 18.8 Å². The summed E-state index contributed by atoms with van der Waals surface area (Å²) in [6.07, 6.45) is 3.90. The Hall–Kier alpha value is -2.41. The van der Waals surface area contributed by atoms with E-state index in [4.69, 9.17) is 4.52 Å². The number of rotatable bonds is 5. The van der Waals surface area contributed by atoms with Crippen LogP contribution in [-0.2, 0) is 6.42 Å². The van der Waals surface area contributed by atoms with Gasteiger partial charge in [0.05, 0.1) is 5.60 Å². The molecule has 7 heteroatoms. The van der Waals surface area contributed by atoms with Gasteiger partial charge in [0.1, 0.15) is 11.6 Å². The summed E-state index contributed by atoms with van der Waals surface area (Å²) in [7, 11) is 0. The second-order valence-electron chi connectivity index (χ2n) is 6.15. The van der Waals surface area contributed by atoms with Crippen molar-refractivity contribution in [1.29, 1.82) is 0 Å². The minimum absolute atomic E-state index is 0.170. The van der Waals surface area contributed by atoms with Crippen LogP contribution in [0.5, 0.6) is 0 Å². The average Bonchev–Trinajstić information content (AvgIpc) is 3.10. The Kier molecular flexibility index (Phi) is 4.80. The predicted octanol–water partition coefficient (Wildman–Crippen LogP) is 1.39. The number of piperidine rings is 1. The Morgan fingerprint density at radius 1 is 1.50 bits per heavy atom. The second-order valence-corrected chi connectivity index (χ2v) is 6.15. The van der Waals surface area contributed by atoms with Crippen LogP contribution in [0.2, 0.25) is 0 Å². The Balaban J connectivity index is 1.60. The monoisotopic (exact) mass is 330 g/mol. The van der Waals surface area contributed by atoms with E-state index < -0.39 is 5.60 Å². The maximum Gasteiger partial charge on any atom is 0.273 e. The first-order chi connectivity index (χ1) is 11.6. The number of nitrogens with one attached hydrogen (secondary N) is 1. The average molecular weight is 330 g/mol. The minimum Gasteiger partial charge on any atom is -0.386 e. The lowest BCUT2D eigenvalue weighted by atomic mass is 9.92. The lowest BCUT2D eigenvalue weighted by molar-refractivity contribution is 0.0253. The molecule has 3 rings (SSSR count). The molecule has 2 N–H and O–H groups in total. The van der Waals surface area contributed by atoms with Crippen LogP contribution in [0.15, 0.2) is 35.0 Å². The highest BCUT2D eigenvalue weighted by Gasteiger charge is 2.34. The van der Waals surface area contributed by atoms with Crippen molar-refractivity contribution >= 4 is 11.7 Å². The first kappa shape index (κ1) is 16.4. The van der Waals surface area contributed by atoms with Crippen molar-refractivity contribution in [2.45, 2.75) is 31.8 Å². The van der Waals surface area contributed by atoms with Gasteiger partial charge in [-0.3, -0.25) is 4.79 Å². The van der Waals surface area contributed by atoms with Gasteiger partial charge in [0.2, 0.25) is 0 Å². The Morgan fingerprint density at radius 3 is 3.08 bits per heavy atom. The molecule has 1 saturated heterocycles. The Bertz CT molecular complexity index is 688. The maximum atomic E-state index is 12.1. The predicted molar refractivity (Wildman–Crippen MR) is 88.8 cm³/mol. The zero-order valence-corrected chi connectivity index (χ0v) is 13.7. The van der Waals surface area contributed by atoms with Gasteiger partial charge in [-0.15, -0.1) is 0 Å². The third kappa shape index (κ3) is 3.73. The lowest BCUT2D eigenvalue weighted by Gasteiger charge is -2.39. The highest BCUT2D eigenvalue weighted by atomic mass is 16.5. The molecular formula is C17H22N4O3. The number of β-amino-alcohol motifs (C(OH)–C–C–N with tert-alkyl or cyclic N) is 1. The van der Waals surface area contributed by atoms with Crippen LogP contribution < -0.4 is 10.2 Å². The van der Waals surface area contributed by atoms with E-state index in [2.05, 4.69) is 15.5 Å².